The van der Waals surface area contributed by atoms with Crippen molar-refractivity contribution in [3.63, 3.8) is 0 Å². The van der Waals surface area contributed by atoms with E-state index in [-0.39, 0.29) is 19.4 Å². The molecule has 0 aromatic carbocycles. The van der Waals surface area contributed by atoms with Gasteiger partial charge in [-0.2, -0.15) is 0 Å². The van der Waals surface area contributed by atoms with Gasteiger partial charge >= 0.3 is 12.1 Å². The molecule has 0 aromatic rings. The first-order chi connectivity index (χ1) is 11.1. The van der Waals surface area contributed by atoms with E-state index in [4.69, 9.17) is 4.74 Å². The summed E-state index contributed by atoms with van der Waals surface area (Å²) in [4.78, 5) is 37.7. The van der Waals surface area contributed by atoms with E-state index >= 15 is 0 Å². The van der Waals surface area contributed by atoms with Crippen LogP contribution in [0.15, 0.2) is 12.7 Å². The van der Waals surface area contributed by atoms with Gasteiger partial charge < -0.3 is 24.8 Å². The Labute approximate surface area is 141 Å². The molecule has 2 unspecified atom stereocenters. The quantitative estimate of drug-likeness (QED) is 0.560. The van der Waals surface area contributed by atoms with Crippen molar-refractivity contribution in [2.45, 2.75) is 57.4 Å². The van der Waals surface area contributed by atoms with Crippen LogP contribution in [-0.2, 0) is 19.1 Å². The lowest BCUT2D eigenvalue weighted by molar-refractivity contribution is -0.151. The number of aliphatic hydroxyl groups is 1. The van der Waals surface area contributed by atoms with Gasteiger partial charge in [0.1, 0.15) is 17.7 Å². The van der Waals surface area contributed by atoms with E-state index in [0.29, 0.717) is 0 Å². The predicted octanol–water partition coefficient (Wildman–Crippen LogP) is 0.591. The molecule has 1 fully saturated rings. The first-order valence-corrected chi connectivity index (χ1v) is 7.75. The minimum absolute atomic E-state index is 0.00222. The summed E-state index contributed by atoms with van der Waals surface area (Å²) in [7, 11) is 1.22. The van der Waals surface area contributed by atoms with Crippen molar-refractivity contribution in [1.29, 1.82) is 0 Å². The van der Waals surface area contributed by atoms with Crippen molar-refractivity contribution in [3.05, 3.63) is 12.7 Å². The number of hydrogen-bond donors (Lipinski definition) is 2. The molecule has 0 aliphatic carbocycles. The molecule has 8 heteroatoms. The molecule has 3 atom stereocenters. The second-order valence-corrected chi connectivity index (χ2v) is 6.64. The highest BCUT2D eigenvalue weighted by molar-refractivity contribution is 5.90. The van der Waals surface area contributed by atoms with E-state index in [1.165, 1.54) is 18.1 Å². The third-order valence-electron chi connectivity index (χ3n) is 3.43. The number of alkyl carbamates (subject to hydrolysis) is 1. The Kier molecular flexibility index (Phi) is 6.77. The number of carbonyl (C=O) groups is 3. The number of methoxy groups -OCH3 is 1. The standard InChI is InChI=1S/C16H26N2O6/c1-6-7-11(17-15(22)24-16(2,3)4)13(20)18-9-10(19)8-12(18)14(21)23-5/h6,10-12,19H,1,7-9H2,2-5H3,(H,17,22)/t10?,11-,12?/m0/s1. The number of aliphatic hydroxyl groups excluding tert-OH is 1. The molecule has 136 valence electrons. The van der Waals surface area contributed by atoms with Crippen molar-refractivity contribution in [2.75, 3.05) is 13.7 Å². The molecular weight excluding hydrogens is 316 g/mol. The molecule has 1 aliphatic rings. The lowest BCUT2D eigenvalue weighted by Crippen LogP contribution is -2.52. The van der Waals surface area contributed by atoms with Gasteiger partial charge in [0.25, 0.3) is 0 Å². The summed E-state index contributed by atoms with van der Waals surface area (Å²) < 4.78 is 9.82. The number of carbonyl (C=O) groups excluding carboxylic acids is 3. The Balaban J connectivity index is 2.86. The zero-order valence-corrected chi connectivity index (χ0v) is 14.6. The molecule has 24 heavy (non-hydrogen) atoms. The Bertz CT molecular complexity index is 499. The Morgan fingerprint density at radius 2 is 2.04 bits per heavy atom. The summed E-state index contributed by atoms with van der Waals surface area (Å²) in [6.45, 7) is 8.70. The number of amides is 2. The number of β-amino-alcohol motifs (C(OH)–C–C–N with tert-alkyl or cyclic N) is 1. The van der Waals surface area contributed by atoms with Crippen LogP contribution in [0, 0.1) is 0 Å². The van der Waals surface area contributed by atoms with Crippen LogP contribution < -0.4 is 5.32 Å². The van der Waals surface area contributed by atoms with Gasteiger partial charge in [-0.05, 0) is 27.2 Å². The average Bonchev–Trinajstić information content (AvgIpc) is 2.85. The summed E-state index contributed by atoms with van der Waals surface area (Å²) in [6.07, 6.45) is 0.199. The highest BCUT2D eigenvalue weighted by atomic mass is 16.6. The highest BCUT2D eigenvalue weighted by Crippen LogP contribution is 2.21. The maximum Gasteiger partial charge on any atom is 0.408 e. The molecular formula is C16H26N2O6. The third kappa shape index (κ3) is 5.52. The van der Waals surface area contributed by atoms with E-state index in [0.717, 1.165) is 0 Å². The predicted molar refractivity (Wildman–Crippen MR) is 86.1 cm³/mol. The third-order valence-corrected chi connectivity index (χ3v) is 3.43. The maximum atomic E-state index is 12.7. The van der Waals surface area contributed by atoms with Crippen molar-refractivity contribution in [3.8, 4) is 0 Å². The fraction of sp³-hybridized carbons (Fsp3) is 0.688. The van der Waals surface area contributed by atoms with Gasteiger partial charge in [-0.3, -0.25) is 4.79 Å². The zero-order chi connectivity index (χ0) is 18.5. The van der Waals surface area contributed by atoms with Crippen LogP contribution in [0.3, 0.4) is 0 Å². The smallest absolute Gasteiger partial charge is 0.408 e. The molecule has 0 bridgehead atoms. The molecule has 1 rings (SSSR count). The topological polar surface area (TPSA) is 105 Å². The summed E-state index contributed by atoms with van der Waals surface area (Å²) in [5.74, 6) is -1.10. The number of rotatable bonds is 5. The maximum absolute atomic E-state index is 12.7. The van der Waals surface area contributed by atoms with Gasteiger partial charge in [0.2, 0.25) is 5.91 Å². The van der Waals surface area contributed by atoms with Crippen molar-refractivity contribution in [1.82, 2.24) is 10.2 Å². The Morgan fingerprint density at radius 3 is 2.54 bits per heavy atom. The normalized spacial score (nSPS) is 21.8. The fourth-order valence-electron chi connectivity index (χ4n) is 2.45. The largest absolute Gasteiger partial charge is 0.467 e. The molecule has 8 nitrogen and oxygen atoms in total. The summed E-state index contributed by atoms with van der Waals surface area (Å²) >= 11 is 0. The summed E-state index contributed by atoms with van der Waals surface area (Å²) in [6, 6.07) is -1.81. The van der Waals surface area contributed by atoms with Crippen LogP contribution in [-0.4, -0.2) is 65.4 Å². The van der Waals surface area contributed by atoms with E-state index in [1.807, 2.05) is 0 Å². The number of ether oxygens (including phenoxy) is 2. The SMILES string of the molecule is C=CC[C@H](NC(=O)OC(C)(C)C)C(=O)N1CC(O)CC1C(=O)OC. The molecule has 1 saturated heterocycles. The van der Waals surface area contributed by atoms with E-state index < -0.39 is 41.8 Å². The van der Waals surface area contributed by atoms with Crippen LogP contribution in [0.5, 0.6) is 0 Å². The average molecular weight is 342 g/mol. The van der Waals surface area contributed by atoms with Crippen LogP contribution >= 0.6 is 0 Å². The van der Waals surface area contributed by atoms with E-state index in [2.05, 4.69) is 16.6 Å². The van der Waals surface area contributed by atoms with Gasteiger partial charge in [0.15, 0.2) is 0 Å². The highest BCUT2D eigenvalue weighted by Gasteiger charge is 2.42. The van der Waals surface area contributed by atoms with E-state index in [9.17, 15) is 19.5 Å². The van der Waals surface area contributed by atoms with Gasteiger partial charge in [-0.25, -0.2) is 9.59 Å². The zero-order valence-electron chi connectivity index (χ0n) is 14.6. The van der Waals surface area contributed by atoms with Crippen molar-refractivity contribution >= 4 is 18.0 Å². The van der Waals surface area contributed by atoms with Crippen LogP contribution in [0.1, 0.15) is 33.6 Å². The first kappa shape index (κ1) is 20.0. The van der Waals surface area contributed by atoms with Gasteiger partial charge in [-0.15, -0.1) is 6.58 Å². The molecule has 1 aliphatic heterocycles. The summed E-state index contributed by atoms with van der Waals surface area (Å²) in [5.41, 5.74) is -0.704. The Morgan fingerprint density at radius 1 is 1.42 bits per heavy atom. The molecule has 2 amide bonds. The van der Waals surface area contributed by atoms with Crippen LogP contribution in [0.25, 0.3) is 0 Å². The van der Waals surface area contributed by atoms with Crippen molar-refractivity contribution in [2.24, 2.45) is 0 Å². The fourth-order valence-corrected chi connectivity index (χ4v) is 2.45. The lowest BCUT2D eigenvalue weighted by Gasteiger charge is -2.28. The number of nitrogens with one attached hydrogen (secondary N) is 1. The number of hydrogen-bond acceptors (Lipinski definition) is 6. The molecule has 2 N–H and O–H groups in total. The van der Waals surface area contributed by atoms with Crippen LogP contribution in [0.2, 0.25) is 0 Å². The van der Waals surface area contributed by atoms with Gasteiger partial charge in [0, 0.05) is 13.0 Å². The van der Waals surface area contributed by atoms with Crippen LogP contribution in [0.4, 0.5) is 4.79 Å². The lowest BCUT2D eigenvalue weighted by atomic mass is 10.1. The minimum atomic E-state index is -0.935. The first-order valence-electron chi connectivity index (χ1n) is 7.75. The minimum Gasteiger partial charge on any atom is -0.467 e. The molecule has 0 saturated carbocycles. The molecule has 0 aromatic heterocycles. The van der Waals surface area contributed by atoms with E-state index in [1.54, 1.807) is 20.8 Å². The molecule has 1 heterocycles. The molecule has 0 spiro atoms. The number of esters is 1. The monoisotopic (exact) mass is 342 g/mol. The van der Waals surface area contributed by atoms with Gasteiger partial charge in [0.05, 0.1) is 13.2 Å². The van der Waals surface area contributed by atoms with Gasteiger partial charge in [-0.1, -0.05) is 6.08 Å². The van der Waals surface area contributed by atoms with Crippen molar-refractivity contribution < 1.29 is 29.0 Å². The second-order valence-electron chi connectivity index (χ2n) is 6.64. The molecule has 0 radical (unpaired) electrons. The second kappa shape index (κ2) is 8.14. The number of likely N-dealkylation sites (tertiary alicyclic amines) is 1. The number of nitrogens with zero attached hydrogens (tertiary/aromatic N) is 1. The Hall–Kier alpha value is -2.09. The summed E-state index contributed by atoms with van der Waals surface area (Å²) in [5, 5.41) is 12.3.